The van der Waals surface area contributed by atoms with Gasteiger partial charge in [0, 0.05) is 13.2 Å². The van der Waals surface area contributed by atoms with Crippen LogP contribution in [-0.2, 0) is 4.74 Å². The molecule has 6 nitrogen and oxygen atoms in total. The normalized spacial score (nSPS) is 9.62. The Balaban J connectivity index is 2.81. The van der Waals surface area contributed by atoms with Crippen molar-refractivity contribution in [2.24, 2.45) is 0 Å². The van der Waals surface area contributed by atoms with Gasteiger partial charge < -0.3 is 9.84 Å². The first-order valence-corrected chi connectivity index (χ1v) is 4.66. The quantitative estimate of drug-likeness (QED) is 0.838. The summed E-state index contributed by atoms with van der Waals surface area (Å²) in [7, 11) is 1.50. The fourth-order valence-electron chi connectivity index (χ4n) is 1.02. The topological polar surface area (TPSA) is 79.7 Å². The van der Waals surface area contributed by atoms with Gasteiger partial charge in [0.25, 0.3) is 0 Å². The van der Waals surface area contributed by atoms with Gasteiger partial charge in [-0.2, -0.15) is 0 Å². The van der Waals surface area contributed by atoms with E-state index in [0.29, 0.717) is 5.82 Å². The van der Waals surface area contributed by atoms with Crippen molar-refractivity contribution in [1.29, 1.82) is 0 Å². The van der Waals surface area contributed by atoms with Crippen LogP contribution in [0.15, 0.2) is 18.3 Å². The largest absolute Gasteiger partial charge is 0.478 e. The Morgan fingerprint density at radius 2 is 2.19 bits per heavy atom. The van der Waals surface area contributed by atoms with Gasteiger partial charge in [-0.25, -0.2) is 14.6 Å². The van der Waals surface area contributed by atoms with Crippen LogP contribution in [0.5, 0.6) is 0 Å². The van der Waals surface area contributed by atoms with Crippen LogP contribution in [0.1, 0.15) is 17.3 Å². The van der Waals surface area contributed by atoms with Crippen LogP contribution in [0.25, 0.3) is 0 Å². The Bertz CT molecular complexity index is 388. The minimum Gasteiger partial charge on any atom is -0.478 e. The van der Waals surface area contributed by atoms with Crippen molar-refractivity contribution in [3.8, 4) is 0 Å². The SMILES string of the molecule is CCOC(=O)N(C)c1ccc(C(=O)O)cn1. The predicted octanol–water partition coefficient (Wildman–Crippen LogP) is 1.37. The number of carboxylic acid groups (broad SMARTS) is 1. The van der Waals surface area contributed by atoms with Crippen molar-refractivity contribution in [2.75, 3.05) is 18.6 Å². The Morgan fingerprint density at radius 1 is 1.50 bits per heavy atom. The lowest BCUT2D eigenvalue weighted by Crippen LogP contribution is -2.27. The van der Waals surface area contributed by atoms with E-state index in [1.54, 1.807) is 6.92 Å². The van der Waals surface area contributed by atoms with Gasteiger partial charge in [-0.1, -0.05) is 0 Å². The van der Waals surface area contributed by atoms with Crippen molar-refractivity contribution in [2.45, 2.75) is 6.92 Å². The smallest absolute Gasteiger partial charge is 0.415 e. The molecule has 0 saturated carbocycles. The lowest BCUT2D eigenvalue weighted by molar-refractivity contribution is 0.0696. The fraction of sp³-hybridized carbons (Fsp3) is 0.300. The second-order valence-electron chi connectivity index (χ2n) is 2.97. The Morgan fingerprint density at radius 3 is 2.62 bits per heavy atom. The lowest BCUT2D eigenvalue weighted by atomic mass is 10.3. The monoisotopic (exact) mass is 224 g/mol. The molecular formula is C10H12N2O4. The van der Waals surface area contributed by atoms with E-state index in [9.17, 15) is 9.59 Å². The molecule has 1 rings (SSSR count). The first kappa shape index (κ1) is 12.0. The molecule has 1 aromatic heterocycles. The van der Waals surface area contributed by atoms with E-state index < -0.39 is 12.1 Å². The highest BCUT2D eigenvalue weighted by Gasteiger charge is 2.13. The molecule has 1 heterocycles. The zero-order chi connectivity index (χ0) is 12.1. The first-order valence-electron chi connectivity index (χ1n) is 4.66. The Hall–Kier alpha value is -2.11. The van der Waals surface area contributed by atoms with Crippen LogP contribution in [0, 0.1) is 0 Å². The van der Waals surface area contributed by atoms with Gasteiger partial charge in [0.15, 0.2) is 0 Å². The van der Waals surface area contributed by atoms with Crippen molar-refractivity contribution in [3.05, 3.63) is 23.9 Å². The number of anilines is 1. The number of hydrogen-bond donors (Lipinski definition) is 1. The maximum atomic E-state index is 11.3. The molecule has 1 amide bonds. The first-order chi connectivity index (χ1) is 7.56. The molecule has 0 aromatic carbocycles. The third-order valence-corrected chi connectivity index (χ3v) is 1.88. The molecular weight excluding hydrogens is 212 g/mol. The summed E-state index contributed by atoms with van der Waals surface area (Å²) in [5.41, 5.74) is 0.0704. The van der Waals surface area contributed by atoms with E-state index in [-0.39, 0.29) is 12.2 Å². The zero-order valence-corrected chi connectivity index (χ0v) is 9.01. The minimum atomic E-state index is -1.06. The molecule has 16 heavy (non-hydrogen) atoms. The van der Waals surface area contributed by atoms with Crippen LogP contribution in [0.2, 0.25) is 0 Å². The number of carboxylic acids is 1. The van der Waals surface area contributed by atoms with E-state index in [1.807, 2.05) is 0 Å². The van der Waals surface area contributed by atoms with Crippen molar-refractivity contribution >= 4 is 17.9 Å². The maximum Gasteiger partial charge on any atom is 0.415 e. The van der Waals surface area contributed by atoms with Gasteiger partial charge in [-0.05, 0) is 19.1 Å². The molecule has 0 fully saturated rings. The second kappa shape index (κ2) is 5.11. The van der Waals surface area contributed by atoms with Crippen LogP contribution < -0.4 is 4.90 Å². The summed E-state index contributed by atoms with van der Waals surface area (Å²) in [5, 5.41) is 8.66. The standard InChI is InChI=1S/C10H12N2O4/c1-3-16-10(15)12(2)8-5-4-7(6-11-8)9(13)14/h4-6H,3H2,1-2H3,(H,13,14). The zero-order valence-electron chi connectivity index (χ0n) is 9.01. The summed E-state index contributed by atoms with van der Waals surface area (Å²) in [5.74, 6) is -0.721. The Labute approximate surface area is 92.5 Å². The summed E-state index contributed by atoms with van der Waals surface area (Å²) >= 11 is 0. The average molecular weight is 224 g/mol. The summed E-state index contributed by atoms with van der Waals surface area (Å²) in [6, 6.07) is 2.82. The van der Waals surface area contributed by atoms with Crippen LogP contribution in [-0.4, -0.2) is 35.8 Å². The molecule has 6 heteroatoms. The molecule has 0 radical (unpaired) electrons. The molecule has 0 bridgehead atoms. The number of hydrogen-bond acceptors (Lipinski definition) is 4. The summed E-state index contributed by atoms with van der Waals surface area (Å²) in [6.45, 7) is 1.98. The van der Waals surface area contributed by atoms with Gasteiger partial charge >= 0.3 is 12.1 Å². The van der Waals surface area contributed by atoms with Crippen LogP contribution in [0.4, 0.5) is 10.6 Å². The number of rotatable bonds is 3. The number of carbonyl (C=O) groups excluding carboxylic acids is 1. The summed E-state index contributed by atoms with van der Waals surface area (Å²) in [6.07, 6.45) is 0.658. The highest BCUT2D eigenvalue weighted by atomic mass is 16.6. The van der Waals surface area contributed by atoms with Gasteiger partial charge in [-0.15, -0.1) is 0 Å². The fourth-order valence-corrected chi connectivity index (χ4v) is 1.02. The predicted molar refractivity (Wildman–Crippen MR) is 56.6 cm³/mol. The number of aromatic carboxylic acids is 1. The molecule has 0 aliphatic heterocycles. The van der Waals surface area contributed by atoms with Crippen molar-refractivity contribution < 1.29 is 19.4 Å². The number of nitrogens with zero attached hydrogens (tertiary/aromatic N) is 2. The molecule has 86 valence electrons. The maximum absolute atomic E-state index is 11.3. The molecule has 0 atom stereocenters. The number of pyridine rings is 1. The molecule has 0 spiro atoms. The molecule has 0 aliphatic rings. The highest BCUT2D eigenvalue weighted by Crippen LogP contribution is 2.10. The van der Waals surface area contributed by atoms with Crippen LogP contribution in [0.3, 0.4) is 0 Å². The molecule has 0 saturated heterocycles. The molecule has 0 unspecified atom stereocenters. The highest BCUT2D eigenvalue weighted by molar-refractivity contribution is 5.89. The van der Waals surface area contributed by atoms with E-state index in [0.717, 1.165) is 0 Å². The van der Waals surface area contributed by atoms with E-state index in [4.69, 9.17) is 9.84 Å². The van der Waals surface area contributed by atoms with Gasteiger partial charge in [0.2, 0.25) is 0 Å². The summed E-state index contributed by atoms with van der Waals surface area (Å²) < 4.78 is 4.77. The van der Waals surface area contributed by atoms with Crippen LogP contribution >= 0.6 is 0 Å². The number of aromatic nitrogens is 1. The number of amides is 1. The van der Waals surface area contributed by atoms with E-state index in [1.165, 1.54) is 30.3 Å². The van der Waals surface area contributed by atoms with Crippen molar-refractivity contribution in [3.63, 3.8) is 0 Å². The van der Waals surface area contributed by atoms with Gasteiger partial charge in [0.05, 0.1) is 12.2 Å². The second-order valence-corrected chi connectivity index (χ2v) is 2.97. The third-order valence-electron chi connectivity index (χ3n) is 1.88. The van der Waals surface area contributed by atoms with E-state index in [2.05, 4.69) is 4.98 Å². The Kier molecular flexibility index (Phi) is 3.82. The van der Waals surface area contributed by atoms with Gasteiger partial charge in [-0.3, -0.25) is 4.90 Å². The summed E-state index contributed by atoms with van der Waals surface area (Å²) in [4.78, 5) is 26.9. The molecule has 1 N–H and O–H groups in total. The van der Waals surface area contributed by atoms with Crippen molar-refractivity contribution in [1.82, 2.24) is 4.98 Å². The molecule has 0 aliphatic carbocycles. The lowest BCUT2D eigenvalue weighted by Gasteiger charge is -2.15. The average Bonchev–Trinajstić information content (AvgIpc) is 2.28. The number of carbonyl (C=O) groups is 2. The minimum absolute atomic E-state index is 0.0704. The molecule has 1 aromatic rings. The third kappa shape index (κ3) is 2.69. The van der Waals surface area contributed by atoms with E-state index >= 15 is 0 Å². The van der Waals surface area contributed by atoms with Gasteiger partial charge in [0.1, 0.15) is 5.82 Å². The number of ether oxygens (including phenoxy) is 1.